The third-order valence-electron chi connectivity index (χ3n) is 29.8. The van der Waals surface area contributed by atoms with Crippen molar-refractivity contribution in [3.63, 3.8) is 0 Å². The first-order valence-corrected chi connectivity index (χ1v) is 50.4. The number of carbonyl (C=O) groups excluding carboxylic acids is 4. The number of fused-ring (bicyclic) bond motifs is 4. The zero-order valence-corrected chi connectivity index (χ0v) is 80.1. The summed E-state index contributed by atoms with van der Waals surface area (Å²) in [6.45, 7) is 15.1. The highest BCUT2D eigenvalue weighted by molar-refractivity contribution is 6.32. The highest BCUT2D eigenvalue weighted by Crippen LogP contribution is 2.51. The van der Waals surface area contributed by atoms with Gasteiger partial charge in [-0.3, -0.25) is 19.2 Å². The van der Waals surface area contributed by atoms with E-state index < -0.39 is 0 Å². The first-order chi connectivity index (χ1) is 65.1. The van der Waals surface area contributed by atoms with Crippen LogP contribution in [0, 0.1) is 65.1 Å². The second-order valence-corrected chi connectivity index (χ2v) is 41.6. The van der Waals surface area contributed by atoms with Gasteiger partial charge in [0.25, 0.3) is 23.6 Å². The minimum Gasteiger partial charge on any atom is -0.394 e. The smallest absolute Gasteiger partial charge is 0.256 e. The Bertz CT molecular complexity index is 5250. The summed E-state index contributed by atoms with van der Waals surface area (Å²) < 4.78 is 0. The molecule has 716 valence electrons. The predicted molar refractivity (Wildman–Crippen MR) is 524 cm³/mol. The summed E-state index contributed by atoms with van der Waals surface area (Å²) in [5.41, 5.74) is 8.36. The number of piperidine rings is 4. The van der Waals surface area contributed by atoms with Crippen molar-refractivity contribution in [2.24, 2.45) is 65.1 Å². The van der Waals surface area contributed by atoms with Gasteiger partial charge in [-0.1, -0.05) is 141 Å². The van der Waals surface area contributed by atoms with Crippen LogP contribution in [0.15, 0.2) is 97.6 Å². The number of aliphatic hydroxyl groups is 5. The fourth-order valence-corrected chi connectivity index (χ4v) is 21.8. The van der Waals surface area contributed by atoms with Gasteiger partial charge in [0.1, 0.15) is 45.5 Å². The maximum atomic E-state index is 13.2. The molecular weight excluding hydrogens is 1780 g/mol. The van der Waals surface area contributed by atoms with E-state index in [-0.39, 0.29) is 86.9 Å². The molecule has 4 aromatic carbocycles. The van der Waals surface area contributed by atoms with Crippen molar-refractivity contribution in [2.75, 3.05) is 93.3 Å². The molecular formula is C101H130Cl4N20O9. The normalized spacial score (nSPS) is 25.6. The number of nitrogens with one attached hydrogen (secondary N) is 8. The molecule has 33 heteroatoms. The average Bonchev–Trinajstić information content (AvgIpc) is 1.60. The molecule has 9 unspecified atom stereocenters. The van der Waals surface area contributed by atoms with E-state index in [4.69, 9.17) is 66.3 Å². The molecule has 4 aliphatic heterocycles. The van der Waals surface area contributed by atoms with Crippen molar-refractivity contribution in [1.82, 2.24) is 61.1 Å². The SMILES string of the molecule is CC1CCC(NC(=O)c2cnc(N3CC4CC4C3)nc2NCc2ccc(CO)c(Cl)c2)CC1.CC1CCC(NC(=O)c2cnc(N3CC4CC4C3)nc2NCc2ccc(CO)c(Cl)c2)CC1.CC1CCC(NC(=O)c2cnc(N3CC4CC4C3CO)nc2NCc2ccc(CO)c(Cl)c2)CC1.O=C(NC1CCCCCC1)c1cnc(N2CC3CC3C2)nc1NCc1ccc(CO)c(Cl)c1. The first-order valence-electron chi connectivity index (χ1n) is 48.9. The summed E-state index contributed by atoms with van der Waals surface area (Å²) in [6.07, 6.45) is 31.4. The molecule has 29 nitrogen and oxygen atoms in total. The van der Waals surface area contributed by atoms with E-state index >= 15 is 0 Å². The number of hydrogen-bond acceptors (Lipinski definition) is 25. The van der Waals surface area contributed by atoms with Gasteiger partial charge in [0.05, 0.1) is 39.1 Å². The van der Waals surface area contributed by atoms with Crippen molar-refractivity contribution in [3.05, 3.63) is 184 Å². The van der Waals surface area contributed by atoms with Crippen LogP contribution in [-0.2, 0) is 52.6 Å². The molecule has 8 heterocycles. The second kappa shape index (κ2) is 44.3. The van der Waals surface area contributed by atoms with E-state index in [1.54, 1.807) is 36.9 Å². The molecule has 12 aliphatic rings. The lowest BCUT2D eigenvalue weighted by Crippen LogP contribution is -2.39. The highest BCUT2D eigenvalue weighted by atomic mass is 35.5. The van der Waals surface area contributed by atoms with Crippen molar-refractivity contribution in [3.8, 4) is 0 Å². The fourth-order valence-electron chi connectivity index (χ4n) is 20.8. The summed E-state index contributed by atoms with van der Waals surface area (Å²) in [5.74, 6) is 12.1. The van der Waals surface area contributed by atoms with Crippen molar-refractivity contribution in [1.29, 1.82) is 0 Å². The Kier molecular flexibility index (Phi) is 31.8. The Morgan fingerprint density at radius 2 is 0.604 bits per heavy atom. The van der Waals surface area contributed by atoms with Crippen LogP contribution in [0.3, 0.4) is 0 Å². The number of carbonyl (C=O) groups is 4. The van der Waals surface area contributed by atoms with Crippen LogP contribution in [0.4, 0.5) is 47.1 Å². The van der Waals surface area contributed by atoms with E-state index in [0.29, 0.717) is 156 Å². The lowest BCUT2D eigenvalue weighted by atomic mass is 9.87. The van der Waals surface area contributed by atoms with E-state index in [9.17, 15) is 44.7 Å². The summed E-state index contributed by atoms with van der Waals surface area (Å²) >= 11 is 25.0. The number of benzene rings is 4. The van der Waals surface area contributed by atoms with Gasteiger partial charge in [0, 0.05) is 141 Å². The van der Waals surface area contributed by atoms with E-state index in [1.165, 1.54) is 32.1 Å². The largest absolute Gasteiger partial charge is 0.394 e. The Labute approximate surface area is 805 Å². The van der Waals surface area contributed by atoms with Gasteiger partial charge in [0.15, 0.2) is 0 Å². The summed E-state index contributed by atoms with van der Waals surface area (Å²) in [7, 11) is 0. The third kappa shape index (κ3) is 24.5. The van der Waals surface area contributed by atoms with Crippen molar-refractivity contribution in [2.45, 2.75) is 245 Å². The Morgan fingerprint density at radius 3 is 0.873 bits per heavy atom. The number of hydrogen-bond donors (Lipinski definition) is 13. The standard InChI is InChI=1S/C26H34ClN5O3.3C25H32ClN5O2/c1-15-2-6-19(7-3-15)30-25(35)21-11-29-26(32-12-18-9-20(18)23(32)14-34)31-24(21)28-10-16-4-5-17(13-33)22(27)8-16;2*1-15-2-6-20(7-3-15)29-24(33)21-11-28-25(31-12-18-9-19(18)13-31)30-23(21)27-10-16-4-5-17(14-32)22(26)8-16;26-22-9-16(7-8-17(22)15-32)11-27-23-21(24(33)29-20-5-3-1-2-4-6-20)12-28-25(30-23)31-13-18-10-19(18)14-31/h4-5,8,11,15,18-20,23,33-34H,2-3,6-7,9-10,12-14H2,1H3,(H,30,35)(H,28,29,31);2*4-5,8,11,15,18-20,32H,2-3,6-7,9-10,12-14H2,1H3,(H,29,33)(H,27,28,30);7-9,12,18-20,32H,1-6,10-11,13-15H2,(H,29,33)(H,27,28,30). The third-order valence-corrected chi connectivity index (χ3v) is 31.3. The number of rotatable bonds is 29. The molecule has 4 saturated heterocycles. The molecule has 8 aliphatic carbocycles. The topological polar surface area (TPSA) is 382 Å². The maximum Gasteiger partial charge on any atom is 0.256 e. The van der Waals surface area contributed by atoms with Crippen LogP contribution >= 0.6 is 46.4 Å². The van der Waals surface area contributed by atoms with Gasteiger partial charge in [-0.05, 0) is 249 Å². The highest BCUT2D eigenvalue weighted by Gasteiger charge is 2.54. The zero-order chi connectivity index (χ0) is 93.2. The molecule has 4 amide bonds. The lowest BCUT2D eigenvalue weighted by Gasteiger charge is -2.28. The van der Waals surface area contributed by atoms with Crippen LogP contribution in [0.25, 0.3) is 0 Å². The second-order valence-electron chi connectivity index (χ2n) is 40.0. The first kappa shape index (κ1) is 96.1. The van der Waals surface area contributed by atoms with Crippen LogP contribution < -0.4 is 62.1 Å². The maximum absolute atomic E-state index is 13.2. The molecule has 9 atom stereocenters. The fraction of sp³-hybridized carbons (Fsp3) is 0.564. The summed E-state index contributed by atoms with van der Waals surface area (Å²) in [6, 6.07) is 23.0. The van der Waals surface area contributed by atoms with Gasteiger partial charge in [-0.2, -0.15) is 19.9 Å². The summed E-state index contributed by atoms with van der Waals surface area (Å²) in [4.78, 5) is 98.8. The number of aliphatic hydroxyl groups excluding tert-OH is 5. The molecule has 134 heavy (non-hydrogen) atoms. The van der Waals surface area contributed by atoms with Gasteiger partial charge >= 0.3 is 0 Å². The minimum atomic E-state index is -0.171. The van der Waals surface area contributed by atoms with Crippen molar-refractivity contribution >= 4 is 117 Å². The monoisotopic (exact) mass is 1910 g/mol. The number of aromatic nitrogens is 8. The summed E-state index contributed by atoms with van der Waals surface area (Å²) in [5, 5.41) is 75.6. The minimum absolute atomic E-state index is 0.0292. The molecule has 4 aromatic heterocycles. The van der Waals surface area contributed by atoms with Gasteiger partial charge in [-0.25, -0.2) is 19.9 Å². The van der Waals surface area contributed by atoms with E-state index in [1.807, 2.05) is 60.7 Å². The molecule has 0 bridgehead atoms. The Hall–Kier alpha value is -9.56. The van der Waals surface area contributed by atoms with E-state index in [0.717, 1.165) is 225 Å². The number of anilines is 8. The van der Waals surface area contributed by atoms with Crippen LogP contribution in [0.5, 0.6) is 0 Å². The zero-order valence-electron chi connectivity index (χ0n) is 77.1. The van der Waals surface area contributed by atoms with Crippen molar-refractivity contribution < 1.29 is 44.7 Å². The molecule has 20 rings (SSSR count). The van der Waals surface area contributed by atoms with Gasteiger partial charge in [-0.15, -0.1) is 0 Å². The number of amides is 4. The molecule has 12 fully saturated rings. The predicted octanol–water partition coefficient (Wildman–Crippen LogP) is 15.5. The molecule has 13 N–H and O–H groups in total. The molecule has 8 saturated carbocycles. The number of nitrogens with zero attached hydrogens (tertiary/aromatic N) is 12. The average molecular weight is 1910 g/mol. The molecule has 0 radical (unpaired) electrons. The van der Waals surface area contributed by atoms with Gasteiger partial charge < -0.3 is 87.7 Å². The number of halogens is 4. The van der Waals surface area contributed by atoms with Crippen LogP contribution in [0.1, 0.15) is 248 Å². The Morgan fingerprint density at radius 1 is 0.336 bits per heavy atom. The van der Waals surface area contributed by atoms with Gasteiger partial charge in [0.2, 0.25) is 23.8 Å². The van der Waals surface area contributed by atoms with Crippen LogP contribution in [-0.4, -0.2) is 172 Å². The molecule has 0 spiro atoms. The lowest BCUT2D eigenvalue weighted by molar-refractivity contribution is 0.0914. The Balaban J connectivity index is 0.000000124. The van der Waals surface area contributed by atoms with Crippen LogP contribution in [0.2, 0.25) is 20.1 Å². The molecule has 8 aromatic rings. The van der Waals surface area contributed by atoms with E-state index in [2.05, 4.69) is 103 Å². The quantitative estimate of drug-likeness (QED) is 0.0194.